The van der Waals surface area contributed by atoms with Gasteiger partial charge in [0.15, 0.2) is 0 Å². The monoisotopic (exact) mass is 216 g/mol. The molecule has 2 N–H and O–H groups in total. The topological polar surface area (TPSA) is 59.6 Å². The van der Waals surface area contributed by atoms with Gasteiger partial charge >= 0.3 is 0 Å². The molecule has 0 aliphatic carbocycles. The maximum Gasteiger partial charge on any atom is 0.252 e. The van der Waals surface area contributed by atoms with Gasteiger partial charge in [0.25, 0.3) is 5.91 Å². The van der Waals surface area contributed by atoms with Crippen LogP contribution in [0, 0.1) is 0 Å². The second-order valence-electron chi connectivity index (χ2n) is 4.23. The standard InChI is InChI=1S/C10H20N2O3/c1-10(2,15-4)9(13)12-7-5-11-6-8(7)14-3/h7-8,11H,5-6H2,1-4H3,(H,12,13)/t7?,8-/m0/s1. The minimum atomic E-state index is -0.791. The van der Waals surface area contributed by atoms with Crippen molar-refractivity contribution in [2.24, 2.45) is 0 Å². The molecule has 1 fully saturated rings. The van der Waals surface area contributed by atoms with Gasteiger partial charge in [0.2, 0.25) is 0 Å². The number of hydrogen-bond donors (Lipinski definition) is 2. The van der Waals surface area contributed by atoms with Crippen LogP contribution in [0.3, 0.4) is 0 Å². The zero-order valence-corrected chi connectivity index (χ0v) is 9.79. The van der Waals surface area contributed by atoms with Gasteiger partial charge in [-0.2, -0.15) is 0 Å². The van der Waals surface area contributed by atoms with E-state index in [1.165, 1.54) is 7.11 Å². The fourth-order valence-electron chi connectivity index (χ4n) is 1.48. The van der Waals surface area contributed by atoms with Crippen LogP contribution < -0.4 is 10.6 Å². The zero-order valence-electron chi connectivity index (χ0n) is 9.79. The van der Waals surface area contributed by atoms with Crippen LogP contribution in [0.25, 0.3) is 0 Å². The number of rotatable bonds is 4. The van der Waals surface area contributed by atoms with Crippen molar-refractivity contribution >= 4 is 5.91 Å². The molecule has 1 aliphatic rings. The molecule has 0 aromatic rings. The normalized spacial score (nSPS) is 26.7. The summed E-state index contributed by atoms with van der Waals surface area (Å²) in [5.41, 5.74) is -0.791. The van der Waals surface area contributed by atoms with E-state index in [-0.39, 0.29) is 18.1 Å². The second-order valence-corrected chi connectivity index (χ2v) is 4.23. The molecule has 5 nitrogen and oxygen atoms in total. The number of amides is 1. The van der Waals surface area contributed by atoms with Crippen molar-refractivity contribution < 1.29 is 14.3 Å². The van der Waals surface area contributed by atoms with Crippen LogP contribution in [0.15, 0.2) is 0 Å². The Bertz CT molecular complexity index is 231. The van der Waals surface area contributed by atoms with Gasteiger partial charge in [0.05, 0.1) is 12.1 Å². The quantitative estimate of drug-likeness (QED) is 0.666. The van der Waals surface area contributed by atoms with Crippen LogP contribution in [0.2, 0.25) is 0 Å². The summed E-state index contributed by atoms with van der Waals surface area (Å²) in [6, 6.07) is 0.0249. The summed E-state index contributed by atoms with van der Waals surface area (Å²) < 4.78 is 10.4. The summed E-state index contributed by atoms with van der Waals surface area (Å²) in [4.78, 5) is 11.8. The van der Waals surface area contributed by atoms with Crippen molar-refractivity contribution in [3.05, 3.63) is 0 Å². The maximum atomic E-state index is 11.8. The van der Waals surface area contributed by atoms with Gasteiger partial charge in [0, 0.05) is 27.3 Å². The number of carbonyl (C=O) groups excluding carboxylic acids is 1. The Kier molecular flexibility index (Phi) is 4.07. The lowest BCUT2D eigenvalue weighted by Crippen LogP contribution is -2.51. The largest absolute Gasteiger partial charge is 0.378 e. The minimum absolute atomic E-state index is 0.0249. The fourth-order valence-corrected chi connectivity index (χ4v) is 1.48. The molecule has 2 atom stereocenters. The van der Waals surface area contributed by atoms with E-state index in [0.717, 1.165) is 13.1 Å². The Balaban J connectivity index is 2.51. The molecular formula is C10H20N2O3. The van der Waals surface area contributed by atoms with E-state index in [9.17, 15) is 4.79 Å². The lowest BCUT2D eigenvalue weighted by atomic mass is 10.1. The molecule has 0 radical (unpaired) electrons. The van der Waals surface area contributed by atoms with Crippen molar-refractivity contribution in [1.29, 1.82) is 0 Å². The van der Waals surface area contributed by atoms with Gasteiger partial charge in [-0.1, -0.05) is 0 Å². The second kappa shape index (κ2) is 4.92. The van der Waals surface area contributed by atoms with Gasteiger partial charge in [-0.25, -0.2) is 0 Å². The molecule has 15 heavy (non-hydrogen) atoms. The zero-order chi connectivity index (χ0) is 11.5. The van der Waals surface area contributed by atoms with E-state index in [0.29, 0.717) is 0 Å². The Labute approximate surface area is 90.5 Å². The Morgan fingerprint density at radius 3 is 2.60 bits per heavy atom. The summed E-state index contributed by atoms with van der Waals surface area (Å²) >= 11 is 0. The van der Waals surface area contributed by atoms with Crippen molar-refractivity contribution in [2.75, 3.05) is 27.3 Å². The number of methoxy groups -OCH3 is 2. The molecule has 1 saturated heterocycles. The SMILES string of the molecule is CO[C@H]1CNCC1NC(=O)C(C)(C)OC. The highest BCUT2D eigenvalue weighted by atomic mass is 16.5. The summed E-state index contributed by atoms with van der Waals surface area (Å²) in [6.07, 6.45) is 0.0432. The van der Waals surface area contributed by atoms with Crippen molar-refractivity contribution in [3.63, 3.8) is 0 Å². The highest BCUT2D eigenvalue weighted by Crippen LogP contribution is 2.10. The molecule has 88 valence electrons. The van der Waals surface area contributed by atoms with Crippen LogP contribution >= 0.6 is 0 Å². The molecule has 1 aliphatic heterocycles. The van der Waals surface area contributed by atoms with E-state index < -0.39 is 5.60 Å². The van der Waals surface area contributed by atoms with Crippen LogP contribution in [0.1, 0.15) is 13.8 Å². The number of carbonyl (C=O) groups is 1. The third-order valence-electron chi connectivity index (χ3n) is 2.83. The van der Waals surface area contributed by atoms with Crippen molar-refractivity contribution in [3.8, 4) is 0 Å². The predicted molar refractivity (Wildman–Crippen MR) is 56.7 cm³/mol. The Hall–Kier alpha value is -0.650. The predicted octanol–water partition coefficient (Wildman–Crippen LogP) is -0.486. The van der Waals surface area contributed by atoms with Crippen LogP contribution in [0.5, 0.6) is 0 Å². The lowest BCUT2D eigenvalue weighted by Gasteiger charge is -2.26. The number of ether oxygens (including phenoxy) is 2. The molecule has 1 heterocycles. The summed E-state index contributed by atoms with van der Waals surface area (Å²) in [7, 11) is 3.18. The molecule has 0 aromatic carbocycles. The average Bonchev–Trinajstić information content (AvgIpc) is 2.65. The summed E-state index contributed by atoms with van der Waals surface area (Å²) in [6.45, 7) is 5.00. The van der Waals surface area contributed by atoms with Gasteiger partial charge < -0.3 is 20.1 Å². The van der Waals surface area contributed by atoms with E-state index in [4.69, 9.17) is 9.47 Å². The van der Waals surface area contributed by atoms with Crippen LogP contribution in [-0.4, -0.2) is 51.0 Å². The van der Waals surface area contributed by atoms with Crippen molar-refractivity contribution in [1.82, 2.24) is 10.6 Å². The molecule has 0 spiro atoms. The molecule has 1 amide bonds. The summed E-state index contributed by atoms with van der Waals surface area (Å²) in [5.74, 6) is -0.110. The Morgan fingerprint density at radius 2 is 2.07 bits per heavy atom. The van der Waals surface area contributed by atoms with Gasteiger partial charge in [0.1, 0.15) is 5.60 Å². The molecule has 1 rings (SSSR count). The smallest absolute Gasteiger partial charge is 0.252 e. The summed E-state index contributed by atoms with van der Waals surface area (Å²) in [5, 5.41) is 6.09. The number of hydrogen-bond acceptors (Lipinski definition) is 4. The minimum Gasteiger partial charge on any atom is -0.378 e. The lowest BCUT2D eigenvalue weighted by molar-refractivity contribution is -0.140. The maximum absolute atomic E-state index is 11.8. The first-order valence-electron chi connectivity index (χ1n) is 5.11. The average molecular weight is 216 g/mol. The molecule has 0 bridgehead atoms. The van der Waals surface area contributed by atoms with E-state index in [2.05, 4.69) is 10.6 Å². The van der Waals surface area contributed by atoms with Crippen LogP contribution in [-0.2, 0) is 14.3 Å². The third kappa shape index (κ3) is 2.90. The molecule has 1 unspecified atom stereocenters. The van der Waals surface area contributed by atoms with Crippen LogP contribution in [0.4, 0.5) is 0 Å². The van der Waals surface area contributed by atoms with Gasteiger partial charge in [-0.3, -0.25) is 4.79 Å². The fraction of sp³-hybridized carbons (Fsp3) is 0.900. The van der Waals surface area contributed by atoms with E-state index in [1.54, 1.807) is 21.0 Å². The Morgan fingerprint density at radius 1 is 1.40 bits per heavy atom. The molecule has 0 aromatic heterocycles. The van der Waals surface area contributed by atoms with E-state index in [1.807, 2.05) is 0 Å². The highest BCUT2D eigenvalue weighted by molar-refractivity contribution is 5.84. The molecular weight excluding hydrogens is 196 g/mol. The van der Waals surface area contributed by atoms with Gasteiger partial charge in [-0.05, 0) is 13.8 Å². The van der Waals surface area contributed by atoms with E-state index >= 15 is 0 Å². The first-order chi connectivity index (χ1) is 7.01. The van der Waals surface area contributed by atoms with Gasteiger partial charge in [-0.15, -0.1) is 0 Å². The van der Waals surface area contributed by atoms with Crippen molar-refractivity contribution in [2.45, 2.75) is 31.6 Å². The third-order valence-corrected chi connectivity index (χ3v) is 2.83. The first kappa shape index (κ1) is 12.4. The highest BCUT2D eigenvalue weighted by Gasteiger charge is 2.33. The molecule has 5 heteroatoms. The first-order valence-corrected chi connectivity index (χ1v) is 5.11. The molecule has 0 saturated carbocycles. The number of nitrogens with one attached hydrogen (secondary N) is 2.